The average Bonchev–Trinajstić information content (AvgIpc) is 2.42. The molecular weight excluding hydrogens is 320 g/mol. The average molecular weight is 345 g/mol. The van der Waals surface area contributed by atoms with E-state index in [1.807, 2.05) is 6.07 Å². The fourth-order valence-electron chi connectivity index (χ4n) is 2.15. The fourth-order valence-corrected chi connectivity index (χ4v) is 2.83. The summed E-state index contributed by atoms with van der Waals surface area (Å²) < 4.78 is 11.8. The molecule has 1 N–H and O–H groups in total. The van der Waals surface area contributed by atoms with Crippen molar-refractivity contribution in [3.05, 3.63) is 22.2 Å². The molecule has 1 unspecified atom stereocenters. The van der Waals surface area contributed by atoms with Crippen LogP contribution < -0.4 is 14.8 Å². The molecule has 1 aromatic rings. The van der Waals surface area contributed by atoms with E-state index in [1.165, 1.54) is 0 Å². The first-order chi connectivity index (χ1) is 9.54. The Morgan fingerprint density at radius 1 is 1.25 bits per heavy atom. The quantitative estimate of drug-likeness (QED) is 0.785. The fraction of sp³-hybridized carbons (Fsp3) is 0.600. The molecule has 0 saturated heterocycles. The lowest BCUT2D eigenvalue weighted by atomic mass is 10.0. The molecule has 0 aliphatic carbocycles. The van der Waals surface area contributed by atoms with Gasteiger partial charge in [-0.15, -0.1) is 0 Å². The van der Waals surface area contributed by atoms with E-state index >= 15 is 0 Å². The van der Waals surface area contributed by atoms with Crippen LogP contribution in [0.3, 0.4) is 0 Å². The van der Waals surface area contributed by atoms with Crippen molar-refractivity contribution in [1.29, 1.82) is 0 Å². The minimum absolute atomic E-state index is 0.224. The molecule has 0 fully saturated rings. The number of rotatable bonds is 8. The number of nitrogens with one attached hydrogen (secondary N) is 1. The first-order valence-electron chi connectivity index (χ1n) is 6.83. The maximum Gasteiger partial charge on any atom is 0.141 e. The molecule has 0 radical (unpaired) electrons. The van der Waals surface area contributed by atoms with E-state index in [0.717, 1.165) is 41.0 Å². The molecule has 0 heterocycles. The van der Waals surface area contributed by atoms with E-state index < -0.39 is 0 Å². The molecule has 0 aromatic heterocycles. The molecule has 1 atom stereocenters. The van der Waals surface area contributed by atoms with Crippen LogP contribution in [0.5, 0.6) is 11.5 Å². The van der Waals surface area contributed by atoms with Gasteiger partial charge in [0.25, 0.3) is 0 Å². The van der Waals surface area contributed by atoms with Crippen molar-refractivity contribution in [3.63, 3.8) is 0 Å². The second-order valence-corrected chi connectivity index (χ2v) is 5.77. The van der Waals surface area contributed by atoms with Crippen LogP contribution in [0.1, 0.15) is 24.9 Å². The Bertz CT molecular complexity index is 425. The third-order valence-corrected chi connectivity index (χ3v) is 3.83. The van der Waals surface area contributed by atoms with Crippen molar-refractivity contribution in [2.45, 2.75) is 19.4 Å². The molecular formula is C15H25BrN2O2. The number of hydrogen-bond acceptors (Lipinski definition) is 4. The molecule has 0 bridgehead atoms. The van der Waals surface area contributed by atoms with Gasteiger partial charge in [0, 0.05) is 18.2 Å². The zero-order chi connectivity index (χ0) is 15.1. The maximum absolute atomic E-state index is 5.58. The molecule has 20 heavy (non-hydrogen) atoms. The van der Waals surface area contributed by atoms with Crippen LogP contribution >= 0.6 is 15.9 Å². The number of benzene rings is 1. The Hall–Kier alpha value is -0.780. The van der Waals surface area contributed by atoms with Crippen LogP contribution in [0.4, 0.5) is 0 Å². The highest BCUT2D eigenvalue weighted by molar-refractivity contribution is 9.10. The number of methoxy groups -OCH3 is 2. The molecule has 5 heteroatoms. The van der Waals surface area contributed by atoms with Crippen molar-refractivity contribution < 1.29 is 9.47 Å². The van der Waals surface area contributed by atoms with E-state index in [1.54, 1.807) is 14.2 Å². The highest BCUT2D eigenvalue weighted by atomic mass is 79.9. The molecule has 114 valence electrons. The summed E-state index contributed by atoms with van der Waals surface area (Å²) in [6.45, 7) is 4.06. The third kappa shape index (κ3) is 4.36. The van der Waals surface area contributed by atoms with Gasteiger partial charge in [0.05, 0.1) is 14.2 Å². The van der Waals surface area contributed by atoms with Crippen LogP contribution in [0, 0.1) is 0 Å². The minimum atomic E-state index is 0.224. The van der Waals surface area contributed by atoms with Crippen molar-refractivity contribution in [2.24, 2.45) is 0 Å². The summed E-state index contributed by atoms with van der Waals surface area (Å²) in [4.78, 5) is 2.17. The predicted octanol–water partition coefficient (Wildman–Crippen LogP) is 3.07. The van der Waals surface area contributed by atoms with E-state index in [4.69, 9.17) is 9.47 Å². The second-order valence-electron chi connectivity index (χ2n) is 4.97. The van der Waals surface area contributed by atoms with E-state index in [2.05, 4.69) is 53.2 Å². The molecule has 0 amide bonds. The van der Waals surface area contributed by atoms with Crippen molar-refractivity contribution >= 4 is 15.9 Å². The summed E-state index contributed by atoms with van der Waals surface area (Å²) >= 11 is 3.56. The van der Waals surface area contributed by atoms with Gasteiger partial charge in [-0.3, -0.25) is 0 Å². The number of ether oxygens (including phenoxy) is 2. The Morgan fingerprint density at radius 3 is 2.45 bits per heavy atom. The Labute approximate surface area is 130 Å². The summed E-state index contributed by atoms with van der Waals surface area (Å²) in [5.74, 6) is 1.62. The largest absolute Gasteiger partial charge is 0.495 e. The van der Waals surface area contributed by atoms with Crippen molar-refractivity contribution in [3.8, 4) is 11.5 Å². The number of halogens is 1. The first kappa shape index (κ1) is 17.3. The Kier molecular flexibility index (Phi) is 7.34. The second kappa shape index (κ2) is 8.49. The number of likely N-dealkylation sites (N-methyl/N-ethyl adjacent to an activating group) is 1. The smallest absolute Gasteiger partial charge is 0.141 e. The topological polar surface area (TPSA) is 33.7 Å². The molecule has 0 aliphatic heterocycles. The summed E-state index contributed by atoms with van der Waals surface area (Å²) in [6.07, 6.45) is 1.10. The lowest BCUT2D eigenvalue weighted by Gasteiger charge is -2.25. The third-order valence-electron chi connectivity index (χ3n) is 3.08. The van der Waals surface area contributed by atoms with Gasteiger partial charge in [0.1, 0.15) is 16.0 Å². The Morgan fingerprint density at radius 2 is 1.95 bits per heavy atom. The zero-order valence-electron chi connectivity index (χ0n) is 13.0. The summed E-state index contributed by atoms with van der Waals surface area (Å²) in [7, 11) is 7.50. The molecule has 1 rings (SSSR count). The predicted molar refractivity (Wildman–Crippen MR) is 86.8 cm³/mol. The highest BCUT2D eigenvalue weighted by Gasteiger charge is 2.20. The Balaban J connectivity index is 3.14. The monoisotopic (exact) mass is 344 g/mol. The van der Waals surface area contributed by atoms with Gasteiger partial charge >= 0.3 is 0 Å². The molecule has 0 saturated carbocycles. The van der Waals surface area contributed by atoms with Gasteiger partial charge < -0.3 is 19.7 Å². The lowest BCUT2D eigenvalue weighted by molar-refractivity contribution is 0.329. The van der Waals surface area contributed by atoms with Crippen LogP contribution in [0.15, 0.2) is 16.6 Å². The molecule has 4 nitrogen and oxygen atoms in total. The standard InChI is InChI=1S/C15H25BrN2O2/c1-6-9-17-12(10-18(2)3)11-7-8-13(19-4)14(16)15(11)20-5/h7-8,12,17H,6,9-10H2,1-5H3. The van der Waals surface area contributed by atoms with E-state index in [0.29, 0.717) is 0 Å². The minimum Gasteiger partial charge on any atom is -0.495 e. The normalized spacial score (nSPS) is 12.6. The van der Waals surface area contributed by atoms with Gasteiger partial charge in [-0.2, -0.15) is 0 Å². The van der Waals surface area contributed by atoms with E-state index in [-0.39, 0.29) is 6.04 Å². The highest BCUT2D eigenvalue weighted by Crippen LogP contribution is 2.39. The van der Waals surface area contributed by atoms with Crippen molar-refractivity contribution in [2.75, 3.05) is 41.4 Å². The van der Waals surface area contributed by atoms with Gasteiger partial charge in [0.2, 0.25) is 0 Å². The van der Waals surface area contributed by atoms with Crippen LogP contribution in [0.25, 0.3) is 0 Å². The lowest BCUT2D eigenvalue weighted by Crippen LogP contribution is -2.32. The van der Waals surface area contributed by atoms with Crippen molar-refractivity contribution in [1.82, 2.24) is 10.2 Å². The van der Waals surface area contributed by atoms with Gasteiger partial charge in [-0.05, 0) is 55.1 Å². The zero-order valence-corrected chi connectivity index (χ0v) is 14.6. The summed E-state index contributed by atoms with van der Waals surface area (Å²) in [6, 6.07) is 4.26. The van der Waals surface area contributed by atoms with E-state index in [9.17, 15) is 0 Å². The SMILES string of the molecule is CCCNC(CN(C)C)c1ccc(OC)c(Br)c1OC. The maximum atomic E-state index is 5.58. The summed E-state index contributed by atoms with van der Waals surface area (Å²) in [5.41, 5.74) is 1.14. The van der Waals surface area contributed by atoms with Gasteiger partial charge in [-0.25, -0.2) is 0 Å². The van der Waals surface area contributed by atoms with Crippen LogP contribution in [-0.2, 0) is 0 Å². The number of nitrogens with zero attached hydrogens (tertiary/aromatic N) is 1. The molecule has 1 aromatic carbocycles. The molecule has 0 aliphatic rings. The van der Waals surface area contributed by atoms with Gasteiger partial charge in [0.15, 0.2) is 0 Å². The van der Waals surface area contributed by atoms with Crippen LogP contribution in [0.2, 0.25) is 0 Å². The van der Waals surface area contributed by atoms with Crippen LogP contribution in [-0.4, -0.2) is 46.3 Å². The summed E-state index contributed by atoms with van der Waals surface area (Å²) in [5, 5.41) is 3.57. The number of hydrogen-bond donors (Lipinski definition) is 1. The first-order valence-corrected chi connectivity index (χ1v) is 7.62. The van der Waals surface area contributed by atoms with Gasteiger partial charge in [-0.1, -0.05) is 6.92 Å². The molecule has 0 spiro atoms.